The molecule has 2 rings (SSSR count). The van der Waals surface area contributed by atoms with Crippen LogP contribution in [-0.4, -0.2) is 22.0 Å². The molecule has 1 atom stereocenters. The fourth-order valence-electron chi connectivity index (χ4n) is 1.54. The Balaban J connectivity index is 2.08. The molecule has 0 saturated heterocycles. The molecule has 0 bridgehead atoms. The highest BCUT2D eigenvalue weighted by Crippen LogP contribution is 2.23. The summed E-state index contributed by atoms with van der Waals surface area (Å²) in [5.41, 5.74) is 0. The van der Waals surface area contributed by atoms with Crippen LogP contribution in [0.1, 0.15) is 29.8 Å². The molecule has 5 nitrogen and oxygen atoms in total. The zero-order valence-corrected chi connectivity index (χ0v) is 11.6. The maximum atomic E-state index is 4.42. The molecular formula is C12H17N5S. The number of anilines is 2. The summed E-state index contributed by atoms with van der Waals surface area (Å²) in [7, 11) is 1.84. The van der Waals surface area contributed by atoms with Crippen LogP contribution in [0.3, 0.4) is 0 Å². The van der Waals surface area contributed by atoms with Gasteiger partial charge in [-0.1, -0.05) is 6.92 Å². The number of nitrogens with zero attached hydrogens (tertiary/aromatic N) is 3. The summed E-state index contributed by atoms with van der Waals surface area (Å²) in [6.07, 6.45) is 4.51. The van der Waals surface area contributed by atoms with Gasteiger partial charge in [-0.2, -0.15) is 0 Å². The lowest BCUT2D eigenvalue weighted by Crippen LogP contribution is -2.08. The molecule has 0 amide bonds. The smallest absolute Gasteiger partial charge is 0.132 e. The second-order valence-corrected chi connectivity index (χ2v) is 5.07. The van der Waals surface area contributed by atoms with E-state index in [4.69, 9.17) is 0 Å². The van der Waals surface area contributed by atoms with Crippen molar-refractivity contribution in [2.75, 3.05) is 17.7 Å². The lowest BCUT2D eigenvalue weighted by Gasteiger charge is -2.12. The minimum absolute atomic E-state index is 0.148. The summed E-state index contributed by atoms with van der Waals surface area (Å²) >= 11 is 1.74. The van der Waals surface area contributed by atoms with Gasteiger partial charge < -0.3 is 10.6 Å². The Morgan fingerprint density at radius 2 is 2.06 bits per heavy atom. The van der Waals surface area contributed by atoms with Crippen molar-refractivity contribution in [3.05, 3.63) is 28.5 Å². The predicted octanol–water partition coefficient (Wildman–Crippen LogP) is 2.71. The van der Waals surface area contributed by atoms with E-state index in [9.17, 15) is 0 Å². The zero-order chi connectivity index (χ0) is 13.0. The molecule has 2 aromatic heterocycles. The highest BCUT2D eigenvalue weighted by molar-refractivity contribution is 7.11. The molecule has 0 fully saturated rings. The fraction of sp³-hybridized carbons (Fsp3) is 0.417. The Labute approximate surface area is 111 Å². The number of aryl methyl sites for hydroxylation is 1. The molecule has 6 heteroatoms. The molecule has 0 aromatic carbocycles. The number of aromatic nitrogens is 3. The van der Waals surface area contributed by atoms with E-state index in [1.807, 2.05) is 19.3 Å². The summed E-state index contributed by atoms with van der Waals surface area (Å²) in [4.78, 5) is 14.0. The van der Waals surface area contributed by atoms with Crippen molar-refractivity contribution in [2.45, 2.75) is 26.3 Å². The van der Waals surface area contributed by atoms with Crippen molar-refractivity contribution in [3.63, 3.8) is 0 Å². The van der Waals surface area contributed by atoms with Gasteiger partial charge in [0.05, 0.1) is 6.04 Å². The number of hydrogen-bond acceptors (Lipinski definition) is 6. The topological polar surface area (TPSA) is 62.7 Å². The first-order valence-electron chi connectivity index (χ1n) is 5.94. The Kier molecular flexibility index (Phi) is 4.09. The van der Waals surface area contributed by atoms with Crippen molar-refractivity contribution in [3.8, 4) is 0 Å². The van der Waals surface area contributed by atoms with E-state index >= 15 is 0 Å². The molecule has 0 aliphatic heterocycles. The van der Waals surface area contributed by atoms with Gasteiger partial charge in [0, 0.05) is 24.2 Å². The SMILES string of the molecule is CCc1cnc(C(C)Nc2cc(NC)ncn2)s1. The number of hydrogen-bond donors (Lipinski definition) is 2. The third-order valence-corrected chi connectivity index (χ3v) is 3.90. The van der Waals surface area contributed by atoms with E-state index in [2.05, 4.69) is 39.4 Å². The van der Waals surface area contributed by atoms with E-state index in [1.54, 1.807) is 17.7 Å². The van der Waals surface area contributed by atoms with Gasteiger partial charge in [-0.25, -0.2) is 15.0 Å². The third kappa shape index (κ3) is 2.95. The van der Waals surface area contributed by atoms with Gasteiger partial charge in [-0.15, -0.1) is 11.3 Å². The van der Waals surface area contributed by atoms with Gasteiger partial charge in [0.15, 0.2) is 0 Å². The molecule has 0 spiro atoms. The van der Waals surface area contributed by atoms with E-state index in [0.29, 0.717) is 0 Å². The quantitative estimate of drug-likeness (QED) is 0.868. The molecule has 2 aromatic rings. The highest BCUT2D eigenvalue weighted by atomic mass is 32.1. The fourth-order valence-corrected chi connectivity index (χ4v) is 2.40. The molecule has 96 valence electrons. The summed E-state index contributed by atoms with van der Waals surface area (Å²) in [6.45, 7) is 4.22. The Morgan fingerprint density at radius 1 is 1.28 bits per heavy atom. The molecule has 18 heavy (non-hydrogen) atoms. The zero-order valence-electron chi connectivity index (χ0n) is 10.8. The van der Waals surface area contributed by atoms with Crippen LogP contribution in [0.15, 0.2) is 18.6 Å². The van der Waals surface area contributed by atoms with Gasteiger partial charge >= 0.3 is 0 Å². The van der Waals surface area contributed by atoms with Gasteiger partial charge in [0.2, 0.25) is 0 Å². The monoisotopic (exact) mass is 263 g/mol. The van der Waals surface area contributed by atoms with Gasteiger partial charge in [-0.05, 0) is 13.3 Å². The van der Waals surface area contributed by atoms with Crippen molar-refractivity contribution < 1.29 is 0 Å². The van der Waals surface area contributed by atoms with Crippen LogP contribution >= 0.6 is 11.3 Å². The van der Waals surface area contributed by atoms with Crippen LogP contribution < -0.4 is 10.6 Å². The van der Waals surface area contributed by atoms with Gasteiger partial charge in [0.1, 0.15) is 23.0 Å². The normalized spacial score (nSPS) is 12.2. The van der Waals surface area contributed by atoms with E-state index in [0.717, 1.165) is 23.1 Å². The lowest BCUT2D eigenvalue weighted by molar-refractivity contribution is 0.858. The van der Waals surface area contributed by atoms with Crippen molar-refractivity contribution in [1.29, 1.82) is 0 Å². The Morgan fingerprint density at radius 3 is 2.72 bits per heavy atom. The average Bonchev–Trinajstić information content (AvgIpc) is 2.88. The van der Waals surface area contributed by atoms with Gasteiger partial charge in [0.25, 0.3) is 0 Å². The number of nitrogens with one attached hydrogen (secondary N) is 2. The van der Waals surface area contributed by atoms with Crippen LogP contribution in [0.25, 0.3) is 0 Å². The van der Waals surface area contributed by atoms with Crippen LogP contribution in [-0.2, 0) is 6.42 Å². The van der Waals surface area contributed by atoms with E-state index in [-0.39, 0.29) is 6.04 Å². The summed E-state index contributed by atoms with van der Waals surface area (Å²) in [5, 5.41) is 7.40. The van der Waals surface area contributed by atoms with Crippen LogP contribution in [0, 0.1) is 0 Å². The Bertz CT molecular complexity index is 511. The maximum absolute atomic E-state index is 4.42. The molecular weight excluding hydrogens is 246 g/mol. The average molecular weight is 263 g/mol. The molecule has 0 radical (unpaired) electrons. The maximum Gasteiger partial charge on any atom is 0.132 e. The van der Waals surface area contributed by atoms with Crippen molar-refractivity contribution in [2.24, 2.45) is 0 Å². The van der Waals surface area contributed by atoms with Gasteiger partial charge in [-0.3, -0.25) is 0 Å². The molecule has 0 saturated carbocycles. The molecule has 1 unspecified atom stereocenters. The third-order valence-electron chi connectivity index (χ3n) is 2.58. The minimum Gasteiger partial charge on any atom is -0.373 e. The first kappa shape index (κ1) is 12.8. The summed E-state index contributed by atoms with van der Waals surface area (Å²) < 4.78 is 0. The first-order valence-corrected chi connectivity index (χ1v) is 6.75. The lowest BCUT2D eigenvalue weighted by atomic mass is 10.3. The standard InChI is InChI=1S/C12H17N5S/c1-4-9-6-14-12(18-9)8(2)17-11-5-10(13-3)15-7-16-11/h5-8H,4H2,1-3H3,(H2,13,15,16,17). The van der Waals surface area contributed by atoms with E-state index in [1.165, 1.54) is 4.88 Å². The Hall–Kier alpha value is -1.69. The molecule has 0 aliphatic rings. The van der Waals surface area contributed by atoms with Crippen LogP contribution in [0.4, 0.5) is 11.6 Å². The van der Waals surface area contributed by atoms with E-state index < -0.39 is 0 Å². The second-order valence-electron chi connectivity index (χ2n) is 3.92. The molecule has 2 heterocycles. The van der Waals surface area contributed by atoms with Crippen LogP contribution in [0.2, 0.25) is 0 Å². The van der Waals surface area contributed by atoms with Crippen LogP contribution in [0.5, 0.6) is 0 Å². The molecule has 0 aliphatic carbocycles. The highest BCUT2D eigenvalue weighted by Gasteiger charge is 2.10. The summed E-state index contributed by atoms with van der Waals surface area (Å²) in [6, 6.07) is 2.03. The van der Waals surface area contributed by atoms with Crippen molar-refractivity contribution in [1.82, 2.24) is 15.0 Å². The number of thiazole rings is 1. The first-order chi connectivity index (χ1) is 8.72. The predicted molar refractivity (Wildman–Crippen MR) is 75.1 cm³/mol. The second kappa shape index (κ2) is 5.77. The largest absolute Gasteiger partial charge is 0.373 e. The number of rotatable bonds is 5. The summed E-state index contributed by atoms with van der Waals surface area (Å²) in [5.74, 6) is 1.60. The molecule has 2 N–H and O–H groups in total. The minimum atomic E-state index is 0.148. The van der Waals surface area contributed by atoms with Crippen molar-refractivity contribution >= 4 is 23.0 Å².